The number of fused-ring (bicyclic) bond motifs is 8. The van der Waals surface area contributed by atoms with Crippen LogP contribution in [0.25, 0.3) is 0 Å². The van der Waals surface area contributed by atoms with Crippen molar-refractivity contribution in [3.63, 3.8) is 0 Å². The zero-order valence-corrected chi connectivity index (χ0v) is 14.4. The van der Waals surface area contributed by atoms with Crippen LogP contribution in [-0.4, -0.2) is 10.8 Å². The van der Waals surface area contributed by atoms with Gasteiger partial charge < -0.3 is 0 Å². The van der Waals surface area contributed by atoms with E-state index in [0.717, 1.165) is 11.1 Å². The predicted molar refractivity (Wildman–Crippen MR) is 85.5 cm³/mol. The Kier molecular flexibility index (Phi) is 3.60. The summed E-state index contributed by atoms with van der Waals surface area (Å²) in [5, 5.41) is -0.837. The molecule has 3 aliphatic carbocycles. The third-order valence-corrected chi connectivity index (χ3v) is 6.51. The monoisotopic (exact) mass is 376 g/mol. The molecule has 128 valence electrons. The average molecular weight is 377 g/mol. The van der Waals surface area contributed by atoms with Crippen LogP contribution in [-0.2, 0) is 0 Å². The van der Waals surface area contributed by atoms with E-state index in [9.17, 15) is 17.6 Å². The molecule has 0 nitrogen and oxygen atoms in total. The lowest BCUT2D eigenvalue weighted by Crippen LogP contribution is -2.37. The molecule has 0 spiro atoms. The van der Waals surface area contributed by atoms with Gasteiger partial charge in [-0.05, 0) is 25.7 Å². The molecule has 0 saturated heterocycles. The molecule has 1 fully saturated rings. The van der Waals surface area contributed by atoms with Crippen molar-refractivity contribution < 1.29 is 17.6 Å². The van der Waals surface area contributed by atoms with E-state index < -0.39 is 45.9 Å². The van der Waals surface area contributed by atoms with Crippen LogP contribution in [0.4, 0.5) is 17.6 Å². The molecule has 0 heterocycles. The topological polar surface area (TPSA) is 0 Å². The van der Waals surface area contributed by atoms with Gasteiger partial charge in [-0.1, -0.05) is 23.3 Å². The highest BCUT2D eigenvalue weighted by Crippen LogP contribution is 2.68. The lowest BCUT2D eigenvalue weighted by atomic mass is 9.70. The van der Waals surface area contributed by atoms with Crippen molar-refractivity contribution in [2.75, 3.05) is 0 Å². The maximum atomic E-state index is 14.5. The van der Waals surface area contributed by atoms with E-state index in [2.05, 4.69) is 0 Å². The Bertz CT molecular complexity index is 751. The summed E-state index contributed by atoms with van der Waals surface area (Å²) in [5.41, 5.74) is 1.50. The molecule has 0 aromatic heterocycles. The number of hydrogen-bond acceptors (Lipinski definition) is 0. The first-order valence-corrected chi connectivity index (χ1v) is 8.64. The number of hydrogen-bond donors (Lipinski definition) is 0. The molecule has 0 aliphatic heterocycles. The zero-order valence-electron chi connectivity index (χ0n) is 12.9. The van der Waals surface area contributed by atoms with Crippen LogP contribution in [0.1, 0.15) is 36.8 Å². The van der Waals surface area contributed by atoms with Crippen LogP contribution in [0.5, 0.6) is 0 Å². The van der Waals surface area contributed by atoms with Crippen molar-refractivity contribution in [1.82, 2.24) is 0 Å². The van der Waals surface area contributed by atoms with Gasteiger partial charge in [0.15, 0.2) is 23.3 Å². The molecule has 0 N–H and O–H groups in total. The maximum Gasteiger partial charge on any atom is 0.197 e. The fraction of sp³-hybridized carbons (Fsp3) is 0.444. The summed E-state index contributed by atoms with van der Waals surface area (Å²) in [6, 6.07) is 0. The molecule has 0 amide bonds. The largest absolute Gasteiger partial charge is 0.203 e. The normalized spacial score (nSPS) is 36.1. The molecule has 3 aliphatic rings. The van der Waals surface area contributed by atoms with Gasteiger partial charge in [0.2, 0.25) is 0 Å². The smallest absolute Gasteiger partial charge is 0.197 e. The van der Waals surface area contributed by atoms with Crippen LogP contribution in [0.2, 0.25) is 0 Å². The highest BCUT2D eigenvalue weighted by molar-refractivity contribution is 6.24. The quantitative estimate of drug-likeness (QED) is 0.177. The molecule has 1 saturated carbocycles. The van der Waals surface area contributed by atoms with Crippen LogP contribution in [0.3, 0.4) is 0 Å². The van der Waals surface area contributed by atoms with Gasteiger partial charge in [0.25, 0.3) is 0 Å². The first-order valence-electron chi connectivity index (χ1n) is 7.76. The van der Waals surface area contributed by atoms with Crippen molar-refractivity contribution in [2.45, 2.75) is 36.4 Å². The van der Waals surface area contributed by atoms with Gasteiger partial charge in [0.1, 0.15) is 0 Å². The lowest BCUT2D eigenvalue weighted by Gasteiger charge is -2.38. The standard InChI is InChI=1S/C18H14Cl2F4/c1-5(2)8-11-9-6(19)3-4-7(20)10(9)12(8)14-13(11)15(21)17(23)18(24)16(14)22/h3-4,6-7,9-12H,1-2H3/t6-,7+,9-,10-,11-,12+/m0/s1. The van der Waals surface area contributed by atoms with Crippen molar-refractivity contribution >= 4 is 23.2 Å². The van der Waals surface area contributed by atoms with Gasteiger partial charge in [-0.25, -0.2) is 17.6 Å². The minimum Gasteiger partial charge on any atom is -0.203 e. The molecule has 0 unspecified atom stereocenters. The SMILES string of the molecule is CC(C)=C1[C@@H]2c3c(F)c(F)c(F)c(F)c3[C@H]1[C@@H]1[C@@H]2[C@@H](Cl)C=C[C@H]1Cl. The number of alkyl halides is 2. The van der Waals surface area contributed by atoms with E-state index in [-0.39, 0.29) is 23.0 Å². The summed E-state index contributed by atoms with van der Waals surface area (Å²) >= 11 is 12.8. The van der Waals surface area contributed by atoms with Gasteiger partial charge in [-0.15, -0.1) is 23.2 Å². The second-order valence-electron chi connectivity index (χ2n) is 6.92. The summed E-state index contributed by atoms with van der Waals surface area (Å²) in [6.07, 6.45) is 3.50. The molecule has 0 radical (unpaired) electrons. The van der Waals surface area contributed by atoms with Crippen molar-refractivity contribution in [2.24, 2.45) is 11.8 Å². The van der Waals surface area contributed by atoms with E-state index in [4.69, 9.17) is 23.2 Å². The first-order chi connectivity index (χ1) is 11.3. The van der Waals surface area contributed by atoms with E-state index in [1.165, 1.54) is 0 Å². The lowest BCUT2D eigenvalue weighted by molar-refractivity contribution is 0.303. The van der Waals surface area contributed by atoms with Crippen LogP contribution >= 0.6 is 23.2 Å². The van der Waals surface area contributed by atoms with Crippen LogP contribution < -0.4 is 0 Å². The molecular formula is C18H14Cl2F4. The van der Waals surface area contributed by atoms with Crippen molar-refractivity contribution in [1.29, 1.82) is 0 Å². The van der Waals surface area contributed by atoms with Gasteiger partial charge in [-0.3, -0.25) is 0 Å². The Hall–Kier alpha value is -1.00. The Balaban J connectivity index is 2.07. The molecule has 6 heteroatoms. The number of benzene rings is 1. The van der Waals surface area contributed by atoms with Gasteiger partial charge in [0, 0.05) is 23.0 Å². The Morgan fingerprint density at radius 3 is 1.46 bits per heavy atom. The summed E-state index contributed by atoms with van der Waals surface area (Å²) in [6.45, 7) is 3.67. The van der Waals surface area contributed by atoms with Crippen LogP contribution in [0, 0.1) is 35.1 Å². The third kappa shape index (κ3) is 1.82. The fourth-order valence-electron chi connectivity index (χ4n) is 4.91. The van der Waals surface area contributed by atoms with Crippen molar-refractivity contribution in [3.05, 3.63) is 57.7 Å². The molecule has 1 aromatic carbocycles. The minimum atomic E-state index is -1.76. The summed E-state index contributed by atoms with van der Waals surface area (Å²) < 4.78 is 56.7. The second-order valence-corrected chi connectivity index (χ2v) is 7.93. The predicted octanol–water partition coefficient (Wildman–Crippen LogP) is 5.79. The van der Waals surface area contributed by atoms with Crippen molar-refractivity contribution in [3.8, 4) is 0 Å². The van der Waals surface area contributed by atoms with E-state index >= 15 is 0 Å². The molecular weight excluding hydrogens is 363 g/mol. The summed E-state index contributed by atoms with van der Waals surface area (Å²) in [4.78, 5) is 0. The zero-order chi connectivity index (χ0) is 17.5. The molecule has 2 bridgehead atoms. The summed E-state index contributed by atoms with van der Waals surface area (Å²) in [7, 11) is 0. The number of halogens is 6. The average Bonchev–Trinajstić information content (AvgIpc) is 3.06. The molecule has 24 heavy (non-hydrogen) atoms. The number of allylic oxidation sites excluding steroid dienone is 4. The highest BCUT2D eigenvalue weighted by atomic mass is 35.5. The van der Waals surface area contributed by atoms with E-state index in [1.807, 2.05) is 13.8 Å². The fourth-order valence-corrected chi connectivity index (χ4v) is 5.70. The Morgan fingerprint density at radius 2 is 1.12 bits per heavy atom. The second kappa shape index (κ2) is 5.25. The molecule has 6 atom stereocenters. The molecule has 1 aromatic rings. The Labute approximate surface area is 147 Å². The van der Waals surface area contributed by atoms with E-state index in [1.54, 1.807) is 12.2 Å². The number of rotatable bonds is 0. The van der Waals surface area contributed by atoms with Gasteiger partial charge in [-0.2, -0.15) is 0 Å². The highest BCUT2D eigenvalue weighted by Gasteiger charge is 2.61. The summed E-state index contributed by atoms with van der Waals surface area (Å²) in [5.74, 6) is -7.81. The first kappa shape index (κ1) is 16.5. The van der Waals surface area contributed by atoms with Crippen LogP contribution in [0.15, 0.2) is 23.3 Å². The van der Waals surface area contributed by atoms with Gasteiger partial charge >= 0.3 is 0 Å². The Morgan fingerprint density at radius 1 is 0.750 bits per heavy atom. The third-order valence-electron chi connectivity index (χ3n) is 5.64. The molecule has 4 rings (SSSR count). The van der Waals surface area contributed by atoms with Gasteiger partial charge in [0.05, 0.1) is 10.8 Å². The minimum absolute atomic E-state index is 0.0846. The van der Waals surface area contributed by atoms with E-state index in [0.29, 0.717) is 0 Å². The maximum absolute atomic E-state index is 14.5.